The predicted octanol–water partition coefficient (Wildman–Crippen LogP) is 5.29. The summed E-state index contributed by atoms with van der Waals surface area (Å²) < 4.78 is 5.56. The van der Waals surface area contributed by atoms with E-state index >= 15 is 0 Å². The van der Waals surface area contributed by atoms with Gasteiger partial charge < -0.3 is 9.64 Å². The second kappa shape index (κ2) is 9.10. The van der Waals surface area contributed by atoms with E-state index in [4.69, 9.17) is 9.73 Å². The maximum atomic E-state index is 13.5. The summed E-state index contributed by atoms with van der Waals surface area (Å²) in [6, 6.07) is 23.6. The smallest absolute Gasteiger partial charge is 0.282 e. The van der Waals surface area contributed by atoms with Gasteiger partial charge in [-0.05, 0) is 68.0 Å². The summed E-state index contributed by atoms with van der Waals surface area (Å²) in [5.41, 5.74) is 5.21. The molecule has 0 aliphatic carbocycles. The first-order valence-electron chi connectivity index (χ1n) is 10.7. The molecule has 0 radical (unpaired) electrons. The van der Waals surface area contributed by atoms with Gasteiger partial charge in [-0.15, -0.1) is 0 Å². The maximum absolute atomic E-state index is 13.5. The number of aryl methyl sites for hydroxylation is 1. The largest absolute Gasteiger partial charge is 0.494 e. The molecule has 0 unspecified atom stereocenters. The number of amides is 1. The summed E-state index contributed by atoms with van der Waals surface area (Å²) in [6.45, 7) is 4.57. The van der Waals surface area contributed by atoms with Gasteiger partial charge in [0, 0.05) is 25.3 Å². The average Bonchev–Trinajstić information content (AvgIpc) is 3.11. The van der Waals surface area contributed by atoms with Crippen LogP contribution in [-0.4, -0.2) is 32.4 Å². The summed E-state index contributed by atoms with van der Waals surface area (Å²) >= 11 is 0. The number of nitrogens with zero attached hydrogens (tertiary/aromatic N) is 3. The molecule has 3 aromatic rings. The first-order valence-corrected chi connectivity index (χ1v) is 10.7. The Kier molecular flexibility index (Phi) is 6.08. The topological polar surface area (TPSA) is 45.1 Å². The van der Waals surface area contributed by atoms with Gasteiger partial charge in [0.05, 0.1) is 12.3 Å². The number of hydrogen-bond acceptors (Lipinski definition) is 4. The van der Waals surface area contributed by atoms with Crippen molar-refractivity contribution < 1.29 is 9.53 Å². The highest BCUT2D eigenvalue weighted by atomic mass is 16.5. The zero-order valence-corrected chi connectivity index (χ0v) is 18.9. The van der Waals surface area contributed by atoms with Gasteiger partial charge in [0.15, 0.2) is 0 Å². The molecule has 3 aromatic carbocycles. The minimum Gasteiger partial charge on any atom is -0.494 e. The number of hydrogen-bond donors (Lipinski definition) is 0. The van der Waals surface area contributed by atoms with Gasteiger partial charge >= 0.3 is 0 Å². The van der Waals surface area contributed by atoms with Crippen LogP contribution in [0, 0.1) is 6.92 Å². The van der Waals surface area contributed by atoms with Gasteiger partial charge in [-0.2, -0.15) is 0 Å². The minimum atomic E-state index is -0.151. The average molecular weight is 426 g/mol. The van der Waals surface area contributed by atoms with Gasteiger partial charge in [-0.3, -0.25) is 9.69 Å². The molecule has 1 aliphatic heterocycles. The van der Waals surface area contributed by atoms with E-state index in [1.807, 2.05) is 112 Å². The quantitative estimate of drug-likeness (QED) is 0.504. The number of carbonyl (C=O) groups excluding carboxylic acids is 1. The van der Waals surface area contributed by atoms with Gasteiger partial charge in [0.2, 0.25) is 0 Å². The first kappa shape index (κ1) is 21.4. The van der Waals surface area contributed by atoms with Crippen molar-refractivity contribution in [2.24, 2.45) is 4.99 Å². The molecule has 32 heavy (non-hydrogen) atoms. The van der Waals surface area contributed by atoms with E-state index in [0.717, 1.165) is 33.8 Å². The van der Waals surface area contributed by atoms with Crippen molar-refractivity contribution in [1.82, 2.24) is 0 Å². The summed E-state index contributed by atoms with van der Waals surface area (Å²) in [5, 5.41) is 0. The summed E-state index contributed by atoms with van der Waals surface area (Å²) in [7, 11) is 4.00. The Labute approximate surface area is 189 Å². The third-order valence-corrected chi connectivity index (χ3v) is 5.26. The number of ether oxygens (including phenoxy) is 1. The molecule has 0 saturated heterocycles. The summed E-state index contributed by atoms with van der Waals surface area (Å²) in [4.78, 5) is 21.9. The van der Waals surface area contributed by atoms with Crippen LogP contribution in [-0.2, 0) is 4.79 Å². The molecular formula is C27H27N3O2. The van der Waals surface area contributed by atoms with Crippen LogP contribution in [0.3, 0.4) is 0 Å². The van der Waals surface area contributed by atoms with Gasteiger partial charge in [-0.25, -0.2) is 4.99 Å². The van der Waals surface area contributed by atoms with Crippen molar-refractivity contribution >= 4 is 29.2 Å². The monoisotopic (exact) mass is 425 g/mol. The van der Waals surface area contributed by atoms with Crippen LogP contribution < -0.4 is 14.5 Å². The number of carbonyl (C=O) groups is 1. The Balaban J connectivity index is 1.75. The Hall–Kier alpha value is -3.86. The van der Waals surface area contributed by atoms with Crippen molar-refractivity contribution in [3.8, 4) is 5.75 Å². The zero-order chi connectivity index (χ0) is 22.7. The van der Waals surface area contributed by atoms with E-state index in [1.54, 1.807) is 4.90 Å². The molecule has 5 heteroatoms. The SMILES string of the molecule is CCOc1ccc(N2C(=O)/C(=C\c3ccc(N(C)C)cc3)N=C2c2cccc(C)c2)cc1. The number of anilines is 2. The molecule has 4 rings (SSSR count). The van der Waals surface area contributed by atoms with Crippen LogP contribution in [0.15, 0.2) is 83.5 Å². The lowest BCUT2D eigenvalue weighted by atomic mass is 10.1. The second-order valence-corrected chi connectivity index (χ2v) is 7.89. The van der Waals surface area contributed by atoms with E-state index < -0.39 is 0 Å². The number of amidine groups is 1. The third-order valence-electron chi connectivity index (χ3n) is 5.26. The fourth-order valence-corrected chi connectivity index (χ4v) is 3.62. The molecule has 0 saturated carbocycles. The van der Waals surface area contributed by atoms with Crippen LogP contribution in [0.4, 0.5) is 11.4 Å². The molecule has 1 aliphatic rings. The molecule has 162 valence electrons. The van der Waals surface area contributed by atoms with E-state index in [1.165, 1.54) is 0 Å². The van der Waals surface area contributed by atoms with Crippen molar-refractivity contribution in [2.75, 3.05) is 30.5 Å². The highest BCUT2D eigenvalue weighted by Crippen LogP contribution is 2.29. The van der Waals surface area contributed by atoms with Crippen LogP contribution >= 0.6 is 0 Å². The van der Waals surface area contributed by atoms with Crippen LogP contribution in [0.5, 0.6) is 5.75 Å². The Morgan fingerprint density at radius 3 is 2.34 bits per heavy atom. The third kappa shape index (κ3) is 4.42. The van der Waals surface area contributed by atoms with E-state index in [-0.39, 0.29) is 5.91 Å². The molecular weight excluding hydrogens is 398 g/mol. The van der Waals surface area contributed by atoms with Crippen LogP contribution in [0.2, 0.25) is 0 Å². The Morgan fingerprint density at radius 1 is 1.00 bits per heavy atom. The van der Waals surface area contributed by atoms with Gasteiger partial charge in [0.25, 0.3) is 5.91 Å². The van der Waals surface area contributed by atoms with Gasteiger partial charge in [0.1, 0.15) is 17.3 Å². The fraction of sp³-hybridized carbons (Fsp3) is 0.185. The van der Waals surface area contributed by atoms with Crippen molar-refractivity contribution in [2.45, 2.75) is 13.8 Å². The molecule has 5 nitrogen and oxygen atoms in total. The normalized spacial score (nSPS) is 14.6. The highest BCUT2D eigenvalue weighted by molar-refractivity contribution is 6.33. The Morgan fingerprint density at radius 2 is 1.72 bits per heavy atom. The van der Waals surface area contributed by atoms with E-state index in [0.29, 0.717) is 18.1 Å². The molecule has 0 N–H and O–H groups in total. The Bertz CT molecular complexity index is 1180. The fourth-order valence-electron chi connectivity index (χ4n) is 3.62. The molecule has 0 atom stereocenters. The zero-order valence-electron chi connectivity index (χ0n) is 18.9. The van der Waals surface area contributed by atoms with Crippen molar-refractivity contribution in [3.05, 3.63) is 95.2 Å². The van der Waals surface area contributed by atoms with E-state index in [2.05, 4.69) is 0 Å². The molecule has 0 bridgehead atoms. The molecule has 0 fully saturated rings. The predicted molar refractivity (Wildman–Crippen MR) is 132 cm³/mol. The van der Waals surface area contributed by atoms with E-state index in [9.17, 15) is 4.79 Å². The van der Waals surface area contributed by atoms with Gasteiger partial charge in [-0.1, -0.05) is 35.9 Å². The lowest BCUT2D eigenvalue weighted by molar-refractivity contribution is -0.113. The van der Waals surface area contributed by atoms with Crippen molar-refractivity contribution in [3.63, 3.8) is 0 Å². The molecule has 0 aromatic heterocycles. The minimum absolute atomic E-state index is 0.151. The summed E-state index contributed by atoms with van der Waals surface area (Å²) in [6.07, 6.45) is 1.84. The number of rotatable bonds is 6. The molecule has 1 heterocycles. The lowest BCUT2D eigenvalue weighted by Crippen LogP contribution is -2.32. The van der Waals surface area contributed by atoms with Crippen LogP contribution in [0.1, 0.15) is 23.6 Å². The van der Waals surface area contributed by atoms with Crippen LogP contribution in [0.25, 0.3) is 6.08 Å². The maximum Gasteiger partial charge on any atom is 0.282 e. The highest BCUT2D eigenvalue weighted by Gasteiger charge is 2.32. The summed E-state index contributed by atoms with van der Waals surface area (Å²) in [5.74, 6) is 1.25. The lowest BCUT2D eigenvalue weighted by Gasteiger charge is -2.19. The molecule has 0 spiro atoms. The number of aliphatic imine (C=N–C) groups is 1. The standard InChI is InChI=1S/C27H27N3O2/c1-5-32-24-15-13-23(14-16-24)30-26(21-8-6-7-19(2)17-21)28-25(27(30)31)18-20-9-11-22(12-10-20)29(3)4/h6-18H,5H2,1-4H3/b25-18+. The van der Waals surface area contributed by atoms with Crippen molar-refractivity contribution in [1.29, 1.82) is 0 Å². The molecule has 1 amide bonds. The second-order valence-electron chi connectivity index (χ2n) is 7.89. The number of benzene rings is 3. The first-order chi connectivity index (χ1) is 15.5.